The molecule has 0 aromatic heterocycles. The molecular weight excluding hydrogens is 264 g/mol. The van der Waals surface area contributed by atoms with Crippen LogP contribution < -0.4 is 10.6 Å². The largest absolute Gasteiger partial charge is 0.382 e. The van der Waals surface area contributed by atoms with Crippen LogP contribution in [0.3, 0.4) is 0 Å². The number of rotatable bonds is 7. The highest BCUT2D eigenvalue weighted by Gasteiger charge is 2.03. The summed E-state index contributed by atoms with van der Waals surface area (Å²) in [7, 11) is 0. The molecule has 19 heavy (non-hydrogen) atoms. The number of halogens is 1. The average Bonchev–Trinajstić information content (AvgIpc) is 2.37. The van der Waals surface area contributed by atoms with Crippen molar-refractivity contribution in [3.05, 3.63) is 28.8 Å². The summed E-state index contributed by atoms with van der Waals surface area (Å²) in [4.78, 5) is 11.7. The first kappa shape index (κ1) is 15.8. The third kappa shape index (κ3) is 6.45. The second-order valence-corrected chi connectivity index (χ2v) is 4.68. The van der Waals surface area contributed by atoms with E-state index in [1.54, 1.807) is 12.1 Å². The highest BCUT2D eigenvalue weighted by molar-refractivity contribution is 6.30. The van der Waals surface area contributed by atoms with Crippen molar-refractivity contribution >= 4 is 23.3 Å². The number of benzene rings is 1. The molecule has 0 fully saturated rings. The first-order chi connectivity index (χ1) is 9.13. The molecule has 4 nitrogen and oxygen atoms in total. The summed E-state index contributed by atoms with van der Waals surface area (Å²) in [5.74, 6) is 0. The first-order valence-corrected chi connectivity index (χ1v) is 6.90. The van der Waals surface area contributed by atoms with Gasteiger partial charge in [-0.05, 0) is 50.5 Å². The lowest BCUT2D eigenvalue weighted by atomic mass is 10.2. The number of nitrogens with one attached hydrogen (secondary N) is 2. The van der Waals surface area contributed by atoms with E-state index in [1.165, 1.54) is 0 Å². The third-order valence-electron chi connectivity index (χ3n) is 2.64. The Labute approximate surface area is 119 Å². The monoisotopic (exact) mass is 284 g/mol. The van der Waals surface area contributed by atoms with Crippen LogP contribution in [0.4, 0.5) is 10.5 Å². The summed E-state index contributed by atoms with van der Waals surface area (Å²) >= 11 is 5.86. The Morgan fingerprint density at radius 3 is 2.84 bits per heavy atom. The van der Waals surface area contributed by atoms with Gasteiger partial charge in [-0.1, -0.05) is 11.6 Å². The summed E-state index contributed by atoms with van der Waals surface area (Å²) < 4.78 is 5.22. The molecule has 1 aromatic carbocycles. The molecule has 0 saturated carbocycles. The van der Waals surface area contributed by atoms with Crippen LogP contribution >= 0.6 is 11.6 Å². The molecule has 0 aliphatic heterocycles. The minimum atomic E-state index is -0.193. The van der Waals surface area contributed by atoms with Gasteiger partial charge in [0, 0.05) is 30.5 Å². The van der Waals surface area contributed by atoms with Gasteiger partial charge in [0.15, 0.2) is 0 Å². The molecule has 2 N–H and O–H groups in total. The molecule has 1 rings (SSSR count). The summed E-state index contributed by atoms with van der Waals surface area (Å²) in [6, 6.07) is 5.18. The van der Waals surface area contributed by atoms with Gasteiger partial charge in [-0.3, -0.25) is 0 Å². The summed E-state index contributed by atoms with van der Waals surface area (Å²) in [6.45, 7) is 6.01. The molecule has 0 aliphatic rings. The zero-order valence-electron chi connectivity index (χ0n) is 11.5. The van der Waals surface area contributed by atoms with Gasteiger partial charge in [0.1, 0.15) is 0 Å². The standard InChI is InChI=1S/C14H21ClN2O2/c1-3-19-9-5-4-8-16-14(18)17-13-7-6-12(15)10-11(13)2/h6-7,10H,3-5,8-9H2,1-2H3,(H2,16,17,18). The van der Waals surface area contributed by atoms with E-state index in [1.807, 2.05) is 19.9 Å². The highest BCUT2D eigenvalue weighted by atomic mass is 35.5. The van der Waals surface area contributed by atoms with Gasteiger partial charge in [-0.2, -0.15) is 0 Å². The molecule has 1 aromatic rings. The number of unbranched alkanes of at least 4 members (excludes halogenated alkanes) is 1. The number of carbonyl (C=O) groups is 1. The van der Waals surface area contributed by atoms with Crippen LogP contribution in [-0.2, 0) is 4.74 Å². The van der Waals surface area contributed by atoms with Crippen molar-refractivity contribution in [3.63, 3.8) is 0 Å². The summed E-state index contributed by atoms with van der Waals surface area (Å²) in [5.41, 5.74) is 1.72. The fraction of sp³-hybridized carbons (Fsp3) is 0.500. The number of carbonyl (C=O) groups excluding carboxylic acids is 1. The first-order valence-electron chi connectivity index (χ1n) is 6.52. The van der Waals surface area contributed by atoms with E-state index in [-0.39, 0.29) is 6.03 Å². The van der Waals surface area contributed by atoms with Crippen LogP contribution in [0, 0.1) is 6.92 Å². The van der Waals surface area contributed by atoms with Gasteiger partial charge in [-0.15, -0.1) is 0 Å². The molecule has 0 atom stereocenters. The van der Waals surface area contributed by atoms with Gasteiger partial charge in [0.25, 0.3) is 0 Å². The lowest BCUT2D eigenvalue weighted by Gasteiger charge is -2.10. The Kier molecular flexibility index (Phi) is 7.30. The number of hydrogen-bond acceptors (Lipinski definition) is 2. The smallest absolute Gasteiger partial charge is 0.319 e. The van der Waals surface area contributed by atoms with Gasteiger partial charge < -0.3 is 15.4 Å². The Balaban J connectivity index is 2.23. The Bertz CT molecular complexity index is 410. The van der Waals surface area contributed by atoms with Crippen LogP contribution in [-0.4, -0.2) is 25.8 Å². The number of hydrogen-bond donors (Lipinski definition) is 2. The Morgan fingerprint density at radius 2 is 2.16 bits per heavy atom. The van der Waals surface area contributed by atoms with E-state index >= 15 is 0 Å². The Morgan fingerprint density at radius 1 is 1.37 bits per heavy atom. The van der Waals surface area contributed by atoms with Crippen molar-refractivity contribution in [2.75, 3.05) is 25.1 Å². The second-order valence-electron chi connectivity index (χ2n) is 4.24. The number of aryl methyl sites for hydroxylation is 1. The van der Waals surface area contributed by atoms with Crippen molar-refractivity contribution in [1.29, 1.82) is 0 Å². The topological polar surface area (TPSA) is 50.4 Å². The lowest BCUT2D eigenvalue weighted by Crippen LogP contribution is -2.29. The van der Waals surface area contributed by atoms with Gasteiger partial charge in [0.05, 0.1) is 0 Å². The van der Waals surface area contributed by atoms with E-state index in [4.69, 9.17) is 16.3 Å². The fourth-order valence-electron chi connectivity index (χ4n) is 1.61. The van der Waals surface area contributed by atoms with E-state index in [0.29, 0.717) is 11.6 Å². The van der Waals surface area contributed by atoms with Crippen molar-refractivity contribution < 1.29 is 9.53 Å². The average molecular weight is 285 g/mol. The molecule has 2 amide bonds. The molecule has 0 heterocycles. The van der Waals surface area contributed by atoms with Gasteiger partial charge >= 0.3 is 6.03 Å². The maximum Gasteiger partial charge on any atom is 0.319 e. The molecule has 0 saturated heterocycles. The minimum absolute atomic E-state index is 0.193. The summed E-state index contributed by atoms with van der Waals surface area (Å²) in [5, 5.41) is 6.28. The Hall–Kier alpha value is -1.26. The van der Waals surface area contributed by atoms with Crippen molar-refractivity contribution in [2.24, 2.45) is 0 Å². The fourth-order valence-corrected chi connectivity index (χ4v) is 1.84. The van der Waals surface area contributed by atoms with Crippen molar-refractivity contribution in [2.45, 2.75) is 26.7 Å². The number of anilines is 1. The molecule has 5 heteroatoms. The predicted octanol–water partition coefficient (Wildman–Crippen LogP) is 3.59. The molecule has 0 unspecified atom stereocenters. The third-order valence-corrected chi connectivity index (χ3v) is 2.88. The molecule has 0 aliphatic carbocycles. The van der Waals surface area contributed by atoms with E-state index in [0.717, 1.165) is 37.3 Å². The van der Waals surface area contributed by atoms with Crippen LogP contribution in [0.2, 0.25) is 5.02 Å². The second kappa shape index (κ2) is 8.77. The highest BCUT2D eigenvalue weighted by Crippen LogP contribution is 2.19. The van der Waals surface area contributed by atoms with Gasteiger partial charge in [-0.25, -0.2) is 4.79 Å². The molecule has 0 spiro atoms. The normalized spacial score (nSPS) is 10.3. The summed E-state index contributed by atoms with van der Waals surface area (Å²) in [6.07, 6.45) is 1.86. The quantitative estimate of drug-likeness (QED) is 0.752. The van der Waals surface area contributed by atoms with E-state index < -0.39 is 0 Å². The number of ether oxygens (including phenoxy) is 1. The zero-order chi connectivity index (χ0) is 14.1. The zero-order valence-corrected chi connectivity index (χ0v) is 12.2. The van der Waals surface area contributed by atoms with Crippen molar-refractivity contribution in [1.82, 2.24) is 5.32 Å². The van der Waals surface area contributed by atoms with Gasteiger partial charge in [0.2, 0.25) is 0 Å². The lowest BCUT2D eigenvalue weighted by molar-refractivity contribution is 0.143. The van der Waals surface area contributed by atoms with E-state index in [9.17, 15) is 4.79 Å². The van der Waals surface area contributed by atoms with Crippen LogP contribution in [0.1, 0.15) is 25.3 Å². The number of urea groups is 1. The maximum atomic E-state index is 11.7. The van der Waals surface area contributed by atoms with Crippen LogP contribution in [0.5, 0.6) is 0 Å². The number of amides is 2. The molecular formula is C14H21ClN2O2. The van der Waals surface area contributed by atoms with E-state index in [2.05, 4.69) is 10.6 Å². The molecule has 106 valence electrons. The molecule has 0 radical (unpaired) electrons. The van der Waals surface area contributed by atoms with Crippen molar-refractivity contribution in [3.8, 4) is 0 Å². The maximum absolute atomic E-state index is 11.7. The minimum Gasteiger partial charge on any atom is -0.382 e. The van der Waals surface area contributed by atoms with Crippen LogP contribution in [0.15, 0.2) is 18.2 Å². The molecule has 0 bridgehead atoms. The SMILES string of the molecule is CCOCCCCNC(=O)Nc1ccc(Cl)cc1C. The predicted molar refractivity (Wildman–Crippen MR) is 78.9 cm³/mol. The van der Waals surface area contributed by atoms with Crippen LogP contribution in [0.25, 0.3) is 0 Å².